The van der Waals surface area contributed by atoms with Gasteiger partial charge in [-0.25, -0.2) is 4.98 Å². The zero-order chi connectivity index (χ0) is 14.1. The van der Waals surface area contributed by atoms with Gasteiger partial charge in [-0.1, -0.05) is 30.3 Å². The fourth-order valence-corrected chi connectivity index (χ4v) is 2.38. The molecular weight excluding hydrogens is 244 g/mol. The maximum Gasteiger partial charge on any atom is 0.0713 e. The van der Waals surface area contributed by atoms with Gasteiger partial charge < -0.3 is 4.90 Å². The first kappa shape index (κ1) is 12.7. The van der Waals surface area contributed by atoms with Crippen molar-refractivity contribution in [1.29, 1.82) is 0 Å². The molecule has 0 amide bonds. The molecule has 1 aromatic heterocycles. The molecule has 3 aromatic rings. The summed E-state index contributed by atoms with van der Waals surface area (Å²) in [6, 6.07) is 19.0. The molecule has 1 heterocycles. The van der Waals surface area contributed by atoms with Crippen molar-refractivity contribution in [3.8, 4) is 11.3 Å². The highest BCUT2D eigenvalue weighted by Crippen LogP contribution is 2.27. The van der Waals surface area contributed by atoms with Crippen molar-refractivity contribution in [1.82, 2.24) is 4.98 Å². The van der Waals surface area contributed by atoms with E-state index < -0.39 is 0 Å². The van der Waals surface area contributed by atoms with E-state index in [2.05, 4.69) is 68.4 Å². The highest BCUT2D eigenvalue weighted by molar-refractivity contribution is 5.82. The van der Waals surface area contributed by atoms with Crippen LogP contribution in [0.3, 0.4) is 0 Å². The third-order valence-electron chi connectivity index (χ3n) is 3.61. The summed E-state index contributed by atoms with van der Waals surface area (Å²) in [6.45, 7) is 2.13. The lowest BCUT2D eigenvalue weighted by Gasteiger charge is -2.15. The van der Waals surface area contributed by atoms with Crippen molar-refractivity contribution >= 4 is 16.6 Å². The lowest BCUT2D eigenvalue weighted by molar-refractivity contribution is 1.13. The minimum Gasteiger partial charge on any atom is -0.378 e. The molecule has 0 fully saturated rings. The van der Waals surface area contributed by atoms with Gasteiger partial charge in [0.25, 0.3) is 0 Å². The second-order valence-corrected chi connectivity index (χ2v) is 5.28. The maximum atomic E-state index is 4.79. The molecule has 100 valence electrons. The SMILES string of the molecule is Cc1ccc(N(C)C)cc1-c1ccc2ccccc2n1. The van der Waals surface area contributed by atoms with E-state index in [0.29, 0.717) is 0 Å². The van der Waals surface area contributed by atoms with Crippen LogP contribution < -0.4 is 4.90 Å². The zero-order valence-corrected chi connectivity index (χ0v) is 12.1. The van der Waals surface area contributed by atoms with Crippen molar-refractivity contribution in [3.05, 3.63) is 60.2 Å². The van der Waals surface area contributed by atoms with Crippen LogP contribution in [-0.4, -0.2) is 19.1 Å². The number of fused-ring (bicyclic) bond motifs is 1. The topological polar surface area (TPSA) is 16.1 Å². The lowest BCUT2D eigenvalue weighted by atomic mass is 10.0. The molecule has 20 heavy (non-hydrogen) atoms. The number of para-hydroxylation sites is 1. The lowest BCUT2D eigenvalue weighted by Crippen LogP contribution is -2.08. The van der Waals surface area contributed by atoms with E-state index >= 15 is 0 Å². The second-order valence-electron chi connectivity index (χ2n) is 5.28. The van der Waals surface area contributed by atoms with E-state index in [9.17, 15) is 0 Å². The van der Waals surface area contributed by atoms with Crippen LogP contribution in [0.4, 0.5) is 5.69 Å². The first-order valence-electron chi connectivity index (χ1n) is 6.79. The van der Waals surface area contributed by atoms with E-state index in [4.69, 9.17) is 4.98 Å². The Kier molecular flexibility index (Phi) is 3.15. The quantitative estimate of drug-likeness (QED) is 0.685. The molecule has 3 rings (SSSR count). The predicted molar refractivity (Wildman–Crippen MR) is 86.2 cm³/mol. The zero-order valence-electron chi connectivity index (χ0n) is 12.1. The highest BCUT2D eigenvalue weighted by Gasteiger charge is 2.07. The number of rotatable bonds is 2. The minimum absolute atomic E-state index is 1.03. The van der Waals surface area contributed by atoms with E-state index in [-0.39, 0.29) is 0 Å². The summed E-state index contributed by atoms with van der Waals surface area (Å²) >= 11 is 0. The maximum absolute atomic E-state index is 4.79. The van der Waals surface area contributed by atoms with Crippen LogP contribution >= 0.6 is 0 Å². The fraction of sp³-hybridized carbons (Fsp3) is 0.167. The van der Waals surface area contributed by atoms with Crippen molar-refractivity contribution in [2.75, 3.05) is 19.0 Å². The van der Waals surface area contributed by atoms with Gasteiger partial charge in [-0.3, -0.25) is 0 Å². The van der Waals surface area contributed by atoms with Crippen LogP contribution in [0.25, 0.3) is 22.2 Å². The number of aromatic nitrogens is 1. The Hall–Kier alpha value is -2.35. The van der Waals surface area contributed by atoms with E-state index in [0.717, 1.165) is 11.2 Å². The van der Waals surface area contributed by atoms with Crippen LogP contribution in [0.5, 0.6) is 0 Å². The first-order valence-corrected chi connectivity index (χ1v) is 6.79. The molecule has 0 bridgehead atoms. The summed E-state index contributed by atoms with van der Waals surface area (Å²) in [7, 11) is 4.12. The van der Waals surface area contributed by atoms with Crippen molar-refractivity contribution in [2.45, 2.75) is 6.92 Å². The molecule has 0 N–H and O–H groups in total. The summed E-state index contributed by atoms with van der Waals surface area (Å²) in [5, 5.41) is 1.18. The van der Waals surface area contributed by atoms with Crippen LogP contribution in [0.15, 0.2) is 54.6 Å². The van der Waals surface area contributed by atoms with Gasteiger partial charge in [-0.2, -0.15) is 0 Å². The Morgan fingerprint density at radius 1 is 0.900 bits per heavy atom. The van der Waals surface area contributed by atoms with Gasteiger partial charge in [0.1, 0.15) is 0 Å². The average Bonchev–Trinajstić information content (AvgIpc) is 2.47. The third-order valence-corrected chi connectivity index (χ3v) is 3.61. The third kappa shape index (κ3) is 2.25. The van der Waals surface area contributed by atoms with E-state index in [1.54, 1.807) is 0 Å². The molecule has 0 aliphatic rings. The van der Waals surface area contributed by atoms with Gasteiger partial charge in [0.2, 0.25) is 0 Å². The predicted octanol–water partition coefficient (Wildman–Crippen LogP) is 4.28. The first-order chi connectivity index (χ1) is 9.65. The van der Waals surface area contributed by atoms with E-state index in [1.807, 2.05) is 12.1 Å². The number of hydrogen-bond acceptors (Lipinski definition) is 2. The number of nitrogens with zero attached hydrogens (tertiary/aromatic N) is 2. The molecule has 0 unspecified atom stereocenters. The van der Waals surface area contributed by atoms with Crippen LogP contribution in [0.2, 0.25) is 0 Å². The number of pyridine rings is 1. The largest absolute Gasteiger partial charge is 0.378 e. The van der Waals surface area contributed by atoms with Gasteiger partial charge in [0.05, 0.1) is 11.2 Å². The number of benzene rings is 2. The molecular formula is C18H18N2. The summed E-state index contributed by atoms with van der Waals surface area (Å²) in [6.07, 6.45) is 0. The Morgan fingerprint density at radius 3 is 2.50 bits per heavy atom. The Morgan fingerprint density at radius 2 is 1.70 bits per heavy atom. The monoisotopic (exact) mass is 262 g/mol. The Labute approximate surface area is 119 Å². The van der Waals surface area contributed by atoms with Crippen molar-refractivity contribution in [3.63, 3.8) is 0 Å². The van der Waals surface area contributed by atoms with Gasteiger partial charge in [-0.05, 0) is 36.8 Å². The molecule has 0 spiro atoms. The van der Waals surface area contributed by atoms with E-state index in [1.165, 1.54) is 22.2 Å². The summed E-state index contributed by atoms with van der Waals surface area (Å²) in [5.74, 6) is 0. The number of hydrogen-bond donors (Lipinski definition) is 0. The number of aryl methyl sites for hydroxylation is 1. The average molecular weight is 262 g/mol. The summed E-state index contributed by atoms with van der Waals surface area (Å²) < 4.78 is 0. The molecule has 2 heteroatoms. The Balaban J connectivity index is 2.17. The highest BCUT2D eigenvalue weighted by atomic mass is 15.1. The van der Waals surface area contributed by atoms with Crippen LogP contribution in [0.1, 0.15) is 5.56 Å². The Bertz CT molecular complexity index is 760. The molecule has 0 atom stereocenters. The molecule has 2 nitrogen and oxygen atoms in total. The normalized spacial score (nSPS) is 10.8. The number of anilines is 1. The molecule has 0 aliphatic carbocycles. The van der Waals surface area contributed by atoms with Gasteiger partial charge >= 0.3 is 0 Å². The molecule has 0 saturated carbocycles. The molecule has 0 aliphatic heterocycles. The summed E-state index contributed by atoms with van der Waals surface area (Å²) in [5.41, 5.74) is 5.71. The molecule has 0 saturated heterocycles. The van der Waals surface area contributed by atoms with Gasteiger partial charge in [0, 0.05) is 30.7 Å². The van der Waals surface area contributed by atoms with Crippen LogP contribution in [0, 0.1) is 6.92 Å². The van der Waals surface area contributed by atoms with Gasteiger partial charge in [0.15, 0.2) is 0 Å². The van der Waals surface area contributed by atoms with Crippen molar-refractivity contribution in [2.24, 2.45) is 0 Å². The minimum atomic E-state index is 1.03. The molecule has 2 aromatic carbocycles. The van der Waals surface area contributed by atoms with Crippen molar-refractivity contribution < 1.29 is 0 Å². The second kappa shape index (κ2) is 4.97. The molecule has 0 radical (unpaired) electrons. The summed E-state index contributed by atoms with van der Waals surface area (Å²) in [4.78, 5) is 6.90. The smallest absolute Gasteiger partial charge is 0.0713 e. The fourth-order valence-electron chi connectivity index (χ4n) is 2.38. The van der Waals surface area contributed by atoms with Gasteiger partial charge in [-0.15, -0.1) is 0 Å². The van der Waals surface area contributed by atoms with Crippen LogP contribution in [-0.2, 0) is 0 Å². The standard InChI is InChI=1S/C18H18N2/c1-13-8-10-15(20(2)3)12-16(13)18-11-9-14-6-4-5-7-17(14)19-18/h4-12H,1-3H3.